The van der Waals surface area contributed by atoms with Crippen LogP contribution in [0.15, 0.2) is 12.3 Å². The molecule has 1 N–H and O–H groups in total. The van der Waals surface area contributed by atoms with E-state index in [9.17, 15) is 13.2 Å². The molecule has 1 heterocycles. The Balaban J connectivity index is 2.14. The smallest absolute Gasteiger partial charge is 0.411 e. The lowest BCUT2D eigenvalue weighted by molar-refractivity contribution is -0.173. The molecule has 0 saturated carbocycles. The van der Waals surface area contributed by atoms with E-state index in [1.54, 1.807) is 6.07 Å². The van der Waals surface area contributed by atoms with E-state index in [0.29, 0.717) is 24.8 Å². The van der Waals surface area contributed by atoms with E-state index in [-0.39, 0.29) is 6.61 Å². The van der Waals surface area contributed by atoms with Crippen LogP contribution in [0, 0.1) is 0 Å². The van der Waals surface area contributed by atoms with Gasteiger partial charge in [-0.25, -0.2) is 4.98 Å². The number of aromatic nitrogens is 2. The van der Waals surface area contributed by atoms with E-state index in [1.807, 2.05) is 0 Å². The zero-order chi connectivity index (χ0) is 13.4. The second-order valence-electron chi connectivity index (χ2n) is 3.37. The predicted molar refractivity (Wildman–Crippen MR) is 58.6 cm³/mol. The number of hydrogen-bond acceptors (Lipinski definition) is 5. The molecular formula is C10H14F3N3O2. The minimum absolute atomic E-state index is 0.0243. The van der Waals surface area contributed by atoms with Crippen LogP contribution in [0.2, 0.25) is 0 Å². The van der Waals surface area contributed by atoms with E-state index in [0.717, 1.165) is 0 Å². The van der Waals surface area contributed by atoms with Crippen molar-refractivity contribution in [2.75, 3.05) is 32.2 Å². The first-order valence-electron chi connectivity index (χ1n) is 5.26. The number of anilines is 1. The van der Waals surface area contributed by atoms with Gasteiger partial charge in [0.1, 0.15) is 6.61 Å². The molecule has 0 aliphatic carbocycles. The van der Waals surface area contributed by atoms with Crippen LogP contribution < -0.4 is 10.1 Å². The van der Waals surface area contributed by atoms with E-state index in [4.69, 9.17) is 4.74 Å². The van der Waals surface area contributed by atoms with Gasteiger partial charge in [0.15, 0.2) is 0 Å². The van der Waals surface area contributed by atoms with Crippen LogP contribution in [0.25, 0.3) is 0 Å². The van der Waals surface area contributed by atoms with Gasteiger partial charge in [-0.3, -0.25) is 0 Å². The Kier molecular flexibility index (Phi) is 5.63. The number of nitrogens with one attached hydrogen (secondary N) is 1. The lowest BCUT2D eigenvalue weighted by atomic mass is 10.4. The average molecular weight is 265 g/mol. The van der Waals surface area contributed by atoms with Crippen LogP contribution in [0.3, 0.4) is 0 Å². The molecule has 0 aliphatic rings. The summed E-state index contributed by atoms with van der Waals surface area (Å²) >= 11 is 0. The Hall–Kier alpha value is -1.57. The van der Waals surface area contributed by atoms with Gasteiger partial charge in [-0.2, -0.15) is 18.2 Å². The molecule has 102 valence electrons. The van der Waals surface area contributed by atoms with Crippen molar-refractivity contribution >= 4 is 5.95 Å². The van der Waals surface area contributed by atoms with Crippen LogP contribution in [-0.2, 0) is 4.74 Å². The van der Waals surface area contributed by atoms with Crippen molar-refractivity contribution in [3.63, 3.8) is 0 Å². The third kappa shape index (κ3) is 6.24. The minimum Gasteiger partial charge on any atom is -0.481 e. The highest BCUT2D eigenvalue weighted by atomic mass is 19.4. The minimum atomic E-state index is -4.27. The quantitative estimate of drug-likeness (QED) is 0.763. The number of hydrogen-bond donors (Lipinski definition) is 1. The first kappa shape index (κ1) is 14.5. The van der Waals surface area contributed by atoms with Gasteiger partial charge in [-0.1, -0.05) is 0 Å². The molecule has 1 rings (SSSR count). The normalized spacial score (nSPS) is 11.3. The van der Waals surface area contributed by atoms with Gasteiger partial charge in [0.05, 0.1) is 7.11 Å². The first-order chi connectivity index (χ1) is 8.51. The van der Waals surface area contributed by atoms with E-state index < -0.39 is 12.8 Å². The van der Waals surface area contributed by atoms with Gasteiger partial charge >= 0.3 is 6.18 Å². The lowest BCUT2D eigenvalue weighted by Gasteiger charge is -2.08. The van der Waals surface area contributed by atoms with Crippen molar-refractivity contribution in [3.8, 4) is 5.88 Å². The molecule has 1 aromatic rings. The van der Waals surface area contributed by atoms with Crippen LogP contribution in [0.1, 0.15) is 6.42 Å². The summed E-state index contributed by atoms with van der Waals surface area (Å²) < 4.78 is 44.6. The van der Waals surface area contributed by atoms with E-state index >= 15 is 0 Å². The lowest BCUT2D eigenvalue weighted by Crippen LogP contribution is -2.18. The third-order valence-electron chi connectivity index (χ3n) is 1.85. The third-order valence-corrected chi connectivity index (χ3v) is 1.85. The Bertz CT molecular complexity index is 360. The second-order valence-corrected chi connectivity index (χ2v) is 3.37. The number of alkyl halides is 3. The van der Waals surface area contributed by atoms with Gasteiger partial charge in [0.25, 0.3) is 0 Å². The second kappa shape index (κ2) is 7.00. The van der Waals surface area contributed by atoms with Crippen molar-refractivity contribution < 1.29 is 22.6 Å². The molecule has 1 aromatic heterocycles. The standard InChI is InChI=1S/C10H14F3N3O2/c1-17-8-3-5-15-9(16-8)14-4-2-6-18-7-10(11,12)13/h3,5H,2,4,6-7H2,1H3,(H,14,15,16). The van der Waals surface area contributed by atoms with Gasteiger partial charge < -0.3 is 14.8 Å². The van der Waals surface area contributed by atoms with Crippen molar-refractivity contribution in [1.82, 2.24) is 9.97 Å². The molecule has 0 amide bonds. The van der Waals surface area contributed by atoms with Gasteiger partial charge in [-0.15, -0.1) is 0 Å². The van der Waals surface area contributed by atoms with E-state index in [1.165, 1.54) is 13.3 Å². The zero-order valence-corrected chi connectivity index (χ0v) is 9.83. The summed E-state index contributed by atoms with van der Waals surface area (Å²) in [5, 5.41) is 2.85. The highest BCUT2D eigenvalue weighted by Gasteiger charge is 2.27. The Morgan fingerprint density at radius 3 is 2.83 bits per heavy atom. The predicted octanol–water partition coefficient (Wildman–Crippen LogP) is 1.87. The summed E-state index contributed by atoms with van der Waals surface area (Å²) in [6.07, 6.45) is -2.33. The summed E-state index contributed by atoms with van der Waals surface area (Å²) in [6, 6.07) is 1.59. The highest BCUT2D eigenvalue weighted by Crippen LogP contribution is 2.14. The van der Waals surface area contributed by atoms with Crippen molar-refractivity contribution in [2.24, 2.45) is 0 Å². The molecule has 0 radical (unpaired) electrons. The molecule has 0 aliphatic heterocycles. The topological polar surface area (TPSA) is 56.3 Å². The fourth-order valence-electron chi connectivity index (χ4n) is 1.10. The fourth-order valence-corrected chi connectivity index (χ4v) is 1.10. The highest BCUT2D eigenvalue weighted by molar-refractivity contribution is 5.26. The number of ether oxygens (including phenoxy) is 2. The maximum atomic E-state index is 11.7. The maximum Gasteiger partial charge on any atom is 0.411 e. The summed E-state index contributed by atoms with van der Waals surface area (Å²) in [7, 11) is 1.48. The van der Waals surface area contributed by atoms with Crippen LogP contribution in [0.5, 0.6) is 5.88 Å². The maximum absolute atomic E-state index is 11.7. The molecule has 0 saturated heterocycles. The average Bonchev–Trinajstić information content (AvgIpc) is 2.32. The monoisotopic (exact) mass is 265 g/mol. The fraction of sp³-hybridized carbons (Fsp3) is 0.600. The molecule has 8 heteroatoms. The molecule has 0 spiro atoms. The van der Waals surface area contributed by atoms with Gasteiger partial charge in [0.2, 0.25) is 11.8 Å². The molecular weight excluding hydrogens is 251 g/mol. The van der Waals surface area contributed by atoms with Crippen LogP contribution in [0.4, 0.5) is 19.1 Å². The first-order valence-corrected chi connectivity index (χ1v) is 5.26. The largest absolute Gasteiger partial charge is 0.481 e. The molecule has 5 nitrogen and oxygen atoms in total. The summed E-state index contributed by atoms with van der Waals surface area (Å²) in [5.41, 5.74) is 0. The Labute approximate surface area is 102 Å². The summed E-state index contributed by atoms with van der Waals surface area (Å²) in [6.45, 7) is -0.774. The number of rotatable bonds is 7. The van der Waals surface area contributed by atoms with Crippen LogP contribution in [-0.4, -0.2) is 43.0 Å². The molecule has 0 fully saturated rings. The van der Waals surface area contributed by atoms with Crippen molar-refractivity contribution in [3.05, 3.63) is 12.3 Å². The molecule has 0 unspecified atom stereocenters. The Morgan fingerprint density at radius 2 is 2.17 bits per heavy atom. The van der Waals surface area contributed by atoms with Crippen LogP contribution >= 0.6 is 0 Å². The van der Waals surface area contributed by atoms with Crippen molar-refractivity contribution in [1.29, 1.82) is 0 Å². The van der Waals surface area contributed by atoms with Crippen molar-refractivity contribution in [2.45, 2.75) is 12.6 Å². The van der Waals surface area contributed by atoms with Gasteiger partial charge in [0, 0.05) is 25.4 Å². The SMILES string of the molecule is COc1ccnc(NCCCOCC(F)(F)F)n1. The van der Waals surface area contributed by atoms with E-state index in [2.05, 4.69) is 20.0 Å². The Morgan fingerprint density at radius 1 is 1.39 bits per heavy atom. The number of methoxy groups -OCH3 is 1. The number of nitrogens with zero attached hydrogens (tertiary/aromatic N) is 2. The molecule has 0 aromatic carbocycles. The molecule has 0 bridgehead atoms. The summed E-state index contributed by atoms with van der Waals surface area (Å²) in [5.74, 6) is 0.783. The zero-order valence-electron chi connectivity index (χ0n) is 9.83. The molecule has 0 atom stereocenters. The van der Waals surface area contributed by atoms with Gasteiger partial charge in [-0.05, 0) is 6.42 Å². The summed E-state index contributed by atoms with van der Waals surface area (Å²) in [4.78, 5) is 7.90. The number of halogens is 3. The molecule has 18 heavy (non-hydrogen) atoms.